The van der Waals surface area contributed by atoms with E-state index in [0.717, 1.165) is 35.4 Å². The fourth-order valence-electron chi connectivity index (χ4n) is 2.56. The Morgan fingerprint density at radius 3 is 3.10 bits per heavy atom. The molecule has 1 aliphatic heterocycles. The van der Waals surface area contributed by atoms with Gasteiger partial charge in [0.05, 0.1) is 18.3 Å². The second-order valence-electron chi connectivity index (χ2n) is 5.06. The van der Waals surface area contributed by atoms with Gasteiger partial charge in [-0.1, -0.05) is 24.6 Å². The molecule has 1 unspecified atom stereocenters. The Morgan fingerprint density at radius 1 is 1.43 bits per heavy atom. The first-order chi connectivity index (χ1) is 10.2. The predicted molar refractivity (Wildman–Crippen MR) is 89.2 cm³/mol. The first-order valence-corrected chi connectivity index (χ1v) is 8.17. The number of benzene rings is 1. The lowest BCUT2D eigenvalue weighted by Crippen LogP contribution is -2.10. The van der Waals surface area contributed by atoms with Crippen molar-refractivity contribution in [1.82, 2.24) is 4.98 Å². The van der Waals surface area contributed by atoms with Crippen LogP contribution in [0.5, 0.6) is 5.75 Å². The van der Waals surface area contributed by atoms with E-state index in [1.807, 2.05) is 6.07 Å². The second-order valence-corrected chi connectivity index (χ2v) is 6.34. The zero-order valence-electron chi connectivity index (χ0n) is 11.7. The standard InChI is InChI=1S/C16H16BrClN2O/c1-2-13(20-14-8-12(17)9-19-16(14)18)10-3-4-15-11(7-10)5-6-21-15/h3-4,7-9,13,20H,2,5-6H2,1H3. The third-order valence-electron chi connectivity index (χ3n) is 3.66. The molecule has 0 aliphatic carbocycles. The maximum absolute atomic E-state index is 6.16. The Bertz CT molecular complexity index is 663. The smallest absolute Gasteiger partial charge is 0.152 e. The molecule has 0 amide bonds. The van der Waals surface area contributed by atoms with Gasteiger partial charge in [0.25, 0.3) is 0 Å². The summed E-state index contributed by atoms with van der Waals surface area (Å²) in [5.41, 5.74) is 3.37. The first-order valence-electron chi connectivity index (χ1n) is 7.00. The second kappa shape index (κ2) is 6.24. The number of anilines is 1. The molecule has 110 valence electrons. The van der Waals surface area contributed by atoms with Gasteiger partial charge in [-0.2, -0.15) is 0 Å². The fourth-order valence-corrected chi connectivity index (χ4v) is 3.05. The number of fused-ring (bicyclic) bond motifs is 1. The van der Waals surface area contributed by atoms with Gasteiger partial charge in [-0.05, 0) is 51.7 Å². The summed E-state index contributed by atoms with van der Waals surface area (Å²) in [6, 6.07) is 8.55. The number of ether oxygens (including phenoxy) is 1. The summed E-state index contributed by atoms with van der Waals surface area (Å²) in [4.78, 5) is 4.15. The number of hydrogen-bond donors (Lipinski definition) is 1. The fraction of sp³-hybridized carbons (Fsp3) is 0.312. The average Bonchev–Trinajstić information content (AvgIpc) is 2.95. The van der Waals surface area contributed by atoms with Crippen LogP contribution in [0.15, 0.2) is 34.9 Å². The normalized spacial score (nSPS) is 14.4. The van der Waals surface area contributed by atoms with Crippen molar-refractivity contribution in [3.63, 3.8) is 0 Å². The maximum Gasteiger partial charge on any atom is 0.152 e. The number of rotatable bonds is 4. The van der Waals surface area contributed by atoms with Gasteiger partial charge in [0.2, 0.25) is 0 Å². The van der Waals surface area contributed by atoms with Gasteiger partial charge in [-0.15, -0.1) is 0 Å². The molecule has 1 aliphatic rings. The van der Waals surface area contributed by atoms with Crippen molar-refractivity contribution in [1.29, 1.82) is 0 Å². The monoisotopic (exact) mass is 366 g/mol. The van der Waals surface area contributed by atoms with Gasteiger partial charge >= 0.3 is 0 Å². The molecule has 3 nitrogen and oxygen atoms in total. The summed E-state index contributed by atoms with van der Waals surface area (Å²) >= 11 is 9.59. The number of hydrogen-bond acceptors (Lipinski definition) is 3. The van der Waals surface area contributed by atoms with Crippen LogP contribution in [0.4, 0.5) is 5.69 Å². The van der Waals surface area contributed by atoms with Crippen LogP contribution in [0.3, 0.4) is 0 Å². The van der Waals surface area contributed by atoms with Crippen molar-refractivity contribution >= 4 is 33.2 Å². The van der Waals surface area contributed by atoms with E-state index in [2.05, 4.69) is 51.4 Å². The van der Waals surface area contributed by atoms with Crippen molar-refractivity contribution < 1.29 is 4.74 Å². The summed E-state index contributed by atoms with van der Waals surface area (Å²) in [7, 11) is 0. The summed E-state index contributed by atoms with van der Waals surface area (Å²) in [5, 5.41) is 3.97. The van der Waals surface area contributed by atoms with E-state index in [1.165, 1.54) is 11.1 Å². The Kier molecular flexibility index (Phi) is 4.36. The SMILES string of the molecule is CCC(Nc1cc(Br)cnc1Cl)c1ccc2c(c1)CCO2. The average molecular weight is 368 g/mol. The summed E-state index contributed by atoms with van der Waals surface area (Å²) in [5.74, 6) is 1.01. The first kappa shape index (κ1) is 14.7. The highest BCUT2D eigenvalue weighted by Crippen LogP contribution is 2.32. The van der Waals surface area contributed by atoms with E-state index in [1.54, 1.807) is 6.20 Å². The van der Waals surface area contributed by atoms with Crippen LogP contribution in [-0.4, -0.2) is 11.6 Å². The van der Waals surface area contributed by atoms with Crippen molar-refractivity contribution in [2.75, 3.05) is 11.9 Å². The number of aromatic nitrogens is 1. The Labute approximate surface area is 137 Å². The van der Waals surface area contributed by atoms with Gasteiger partial charge in [0, 0.05) is 17.1 Å². The van der Waals surface area contributed by atoms with Crippen LogP contribution in [-0.2, 0) is 6.42 Å². The third-order valence-corrected chi connectivity index (χ3v) is 4.39. The number of nitrogens with zero attached hydrogens (tertiary/aromatic N) is 1. The van der Waals surface area contributed by atoms with Crippen LogP contribution in [0.25, 0.3) is 0 Å². The van der Waals surface area contributed by atoms with Gasteiger partial charge in [-0.25, -0.2) is 4.98 Å². The zero-order chi connectivity index (χ0) is 14.8. The Balaban J connectivity index is 1.86. The van der Waals surface area contributed by atoms with Crippen LogP contribution in [0.1, 0.15) is 30.5 Å². The molecule has 0 radical (unpaired) electrons. The molecule has 21 heavy (non-hydrogen) atoms. The highest BCUT2D eigenvalue weighted by atomic mass is 79.9. The molecule has 2 aromatic rings. The molecule has 0 bridgehead atoms. The molecule has 3 rings (SSSR count). The van der Waals surface area contributed by atoms with Gasteiger partial charge < -0.3 is 10.1 Å². The van der Waals surface area contributed by atoms with Crippen LogP contribution in [0, 0.1) is 0 Å². The largest absolute Gasteiger partial charge is 0.493 e. The van der Waals surface area contributed by atoms with Crippen molar-refractivity contribution in [3.8, 4) is 5.75 Å². The van der Waals surface area contributed by atoms with Gasteiger partial charge in [0.15, 0.2) is 5.15 Å². The molecule has 0 spiro atoms. The third kappa shape index (κ3) is 3.16. The number of halogens is 2. The molecule has 1 aromatic heterocycles. The quantitative estimate of drug-likeness (QED) is 0.773. The van der Waals surface area contributed by atoms with Crippen molar-refractivity contribution in [2.24, 2.45) is 0 Å². The minimum Gasteiger partial charge on any atom is -0.493 e. The van der Waals surface area contributed by atoms with E-state index in [9.17, 15) is 0 Å². The van der Waals surface area contributed by atoms with E-state index in [-0.39, 0.29) is 6.04 Å². The van der Waals surface area contributed by atoms with Crippen molar-refractivity contribution in [2.45, 2.75) is 25.8 Å². The molecule has 0 saturated heterocycles. The molecular weight excluding hydrogens is 352 g/mol. The molecular formula is C16H16BrClN2O. The minimum absolute atomic E-state index is 0.199. The van der Waals surface area contributed by atoms with E-state index >= 15 is 0 Å². The van der Waals surface area contributed by atoms with Gasteiger partial charge in [0.1, 0.15) is 5.75 Å². The Morgan fingerprint density at radius 2 is 2.29 bits per heavy atom. The lowest BCUT2D eigenvalue weighted by Gasteiger charge is -2.20. The summed E-state index contributed by atoms with van der Waals surface area (Å²) < 4.78 is 6.47. The van der Waals surface area contributed by atoms with Crippen LogP contribution >= 0.6 is 27.5 Å². The summed E-state index contributed by atoms with van der Waals surface area (Å²) in [6.07, 6.45) is 3.64. The highest BCUT2D eigenvalue weighted by molar-refractivity contribution is 9.10. The van der Waals surface area contributed by atoms with Crippen LogP contribution < -0.4 is 10.1 Å². The number of pyridine rings is 1. The maximum atomic E-state index is 6.16. The van der Waals surface area contributed by atoms with E-state index in [0.29, 0.717) is 5.15 Å². The van der Waals surface area contributed by atoms with E-state index in [4.69, 9.17) is 16.3 Å². The summed E-state index contributed by atoms with van der Waals surface area (Å²) in [6.45, 7) is 2.94. The van der Waals surface area contributed by atoms with Crippen LogP contribution in [0.2, 0.25) is 5.15 Å². The molecule has 5 heteroatoms. The zero-order valence-corrected chi connectivity index (χ0v) is 14.0. The molecule has 0 saturated carbocycles. The lowest BCUT2D eigenvalue weighted by atomic mass is 10.0. The van der Waals surface area contributed by atoms with E-state index < -0.39 is 0 Å². The molecule has 1 aromatic carbocycles. The minimum atomic E-state index is 0.199. The predicted octanol–water partition coefficient (Wildman–Crippen LogP) is 5.00. The highest BCUT2D eigenvalue weighted by Gasteiger charge is 2.17. The molecule has 1 atom stereocenters. The molecule has 2 heterocycles. The Hall–Kier alpha value is -1.26. The molecule has 1 N–H and O–H groups in total. The van der Waals surface area contributed by atoms with Gasteiger partial charge in [-0.3, -0.25) is 0 Å². The van der Waals surface area contributed by atoms with Crippen molar-refractivity contribution in [3.05, 3.63) is 51.2 Å². The topological polar surface area (TPSA) is 34.2 Å². The number of nitrogens with one attached hydrogen (secondary N) is 1. The lowest BCUT2D eigenvalue weighted by molar-refractivity contribution is 0.357. The molecule has 0 fully saturated rings.